The standard InChI is InChI=1S/C31H39ClN6O7S/c1-34(2)46(43,44)38-15-13-37(14-16-38)20-7-9-21(10-8-20)45-19-25-28(26(18-40)36(4)33-25)27-24(32)12-11-23-22(6-5-17-39)30(31(41)42)35(3)29(23)27/h7-12,39-40H,5-6,13-19H2,1-4H3,(H,41,42). The number of aromatic nitrogens is 3. The van der Waals surface area contributed by atoms with Gasteiger partial charge in [-0.05, 0) is 48.7 Å². The number of carbonyl (C=O) groups is 1. The number of benzene rings is 2. The Morgan fingerprint density at radius 3 is 2.28 bits per heavy atom. The molecule has 3 N–H and O–H groups in total. The second-order valence-corrected chi connectivity index (χ2v) is 13.9. The van der Waals surface area contributed by atoms with Crippen molar-refractivity contribution in [3.8, 4) is 16.9 Å². The minimum atomic E-state index is -3.45. The van der Waals surface area contributed by atoms with Crippen LogP contribution in [-0.4, -0.2) is 99.5 Å². The number of carboxylic acid groups (broad SMARTS) is 1. The van der Waals surface area contributed by atoms with E-state index in [0.717, 1.165) is 5.69 Å². The Hall–Kier alpha value is -3.66. The van der Waals surface area contributed by atoms with Crippen molar-refractivity contribution < 1.29 is 33.3 Å². The van der Waals surface area contributed by atoms with Gasteiger partial charge in [0.1, 0.15) is 23.7 Å². The predicted octanol–water partition coefficient (Wildman–Crippen LogP) is 2.86. The van der Waals surface area contributed by atoms with Gasteiger partial charge in [0, 0.05) is 83.2 Å². The Morgan fingerprint density at radius 2 is 1.70 bits per heavy atom. The smallest absolute Gasteiger partial charge is 0.352 e. The lowest BCUT2D eigenvalue weighted by atomic mass is 9.98. The number of nitrogens with zero attached hydrogens (tertiary/aromatic N) is 6. The maximum absolute atomic E-state index is 12.5. The number of fused-ring (bicyclic) bond motifs is 1. The lowest BCUT2D eigenvalue weighted by Crippen LogP contribution is -2.51. The van der Waals surface area contributed by atoms with Crippen LogP contribution in [-0.2, 0) is 43.9 Å². The molecule has 2 aromatic heterocycles. The highest BCUT2D eigenvalue weighted by Crippen LogP contribution is 2.42. The van der Waals surface area contributed by atoms with E-state index in [2.05, 4.69) is 10.00 Å². The third-order valence-corrected chi connectivity index (χ3v) is 10.7. The highest BCUT2D eigenvalue weighted by molar-refractivity contribution is 7.86. The van der Waals surface area contributed by atoms with Crippen LogP contribution >= 0.6 is 11.6 Å². The summed E-state index contributed by atoms with van der Waals surface area (Å²) in [5.41, 5.74) is 4.36. The molecule has 0 atom stereocenters. The first kappa shape index (κ1) is 33.7. The van der Waals surface area contributed by atoms with Crippen molar-refractivity contribution in [1.29, 1.82) is 0 Å². The van der Waals surface area contributed by atoms with Crippen molar-refractivity contribution in [1.82, 2.24) is 23.0 Å². The molecule has 1 fully saturated rings. The summed E-state index contributed by atoms with van der Waals surface area (Å²) in [6.45, 7) is 1.54. The SMILES string of the molecule is CN(C)S(=O)(=O)N1CCN(c2ccc(OCc3nn(C)c(CO)c3-c3c(Cl)ccc4c(CCCO)c(C(=O)O)n(C)c34)cc2)CC1. The van der Waals surface area contributed by atoms with Crippen molar-refractivity contribution in [2.45, 2.75) is 26.1 Å². The van der Waals surface area contributed by atoms with Crippen LogP contribution in [0.3, 0.4) is 0 Å². The van der Waals surface area contributed by atoms with Gasteiger partial charge in [-0.3, -0.25) is 4.68 Å². The molecular formula is C31H39ClN6O7S. The first-order valence-electron chi connectivity index (χ1n) is 14.9. The molecule has 0 unspecified atom stereocenters. The number of ether oxygens (including phenoxy) is 1. The van der Waals surface area contributed by atoms with E-state index in [-0.39, 0.29) is 25.5 Å². The molecule has 1 saturated heterocycles. The van der Waals surface area contributed by atoms with Gasteiger partial charge in [0.2, 0.25) is 0 Å². The van der Waals surface area contributed by atoms with Gasteiger partial charge >= 0.3 is 5.97 Å². The average molecular weight is 675 g/mol. The van der Waals surface area contributed by atoms with Crippen molar-refractivity contribution in [2.24, 2.45) is 14.1 Å². The molecule has 0 saturated carbocycles. The van der Waals surface area contributed by atoms with Gasteiger partial charge in [0.15, 0.2) is 0 Å². The second kappa shape index (κ2) is 13.6. The number of hydrogen-bond acceptors (Lipinski definition) is 8. The molecule has 0 bridgehead atoms. The van der Waals surface area contributed by atoms with Gasteiger partial charge in [0.25, 0.3) is 10.2 Å². The first-order chi connectivity index (χ1) is 21.9. The molecule has 3 heterocycles. The molecule has 15 heteroatoms. The van der Waals surface area contributed by atoms with Gasteiger partial charge in [-0.1, -0.05) is 17.7 Å². The van der Waals surface area contributed by atoms with Crippen LogP contribution in [0.2, 0.25) is 5.02 Å². The summed E-state index contributed by atoms with van der Waals surface area (Å²) >= 11 is 6.82. The molecule has 248 valence electrons. The molecule has 46 heavy (non-hydrogen) atoms. The topological polar surface area (TPSA) is 154 Å². The highest BCUT2D eigenvalue weighted by atomic mass is 35.5. The molecule has 0 amide bonds. The number of aliphatic hydroxyl groups excluding tert-OH is 2. The minimum Gasteiger partial charge on any atom is -0.487 e. The van der Waals surface area contributed by atoms with E-state index in [1.54, 1.807) is 35.5 Å². The third kappa shape index (κ3) is 6.20. The summed E-state index contributed by atoms with van der Waals surface area (Å²) < 4.78 is 36.9. The average Bonchev–Trinajstić information content (AvgIpc) is 3.51. The molecule has 13 nitrogen and oxygen atoms in total. The largest absolute Gasteiger partial charge is 0.487 e. The lowest BCUT2D eigenvalue weighted by molar-refractivity contribution is 0.0685. The molecule has 4 aromatic rings. The van der Waals surface area contributed by atoms with Gasteiger partial charge in [-0.25, -0.2) is 4.79 Å². The quantitative estimate of drug-likeness (QED) is 0.206. The van der Waals surface area contributed by atoms with Crippen LogP contribution in [0.15, 0.2) is 36.4 Å². The zero-order valence-electron chi connectivity index (χ0n) is 26.3. The number of aromatic carboxylic acids is 1. The summed E-state index contributed by atoms with van der Waals surface area (Å²) in [6, 6.07) is 11.0. The lowest BCUT2D eigenvalue weighted by Gasteiger charge is -2.36. The number of carboxylic acids is 1. The van der Waals surface area contributed by atoms with Crippen LogP contribution in [0.25, 0.3) is 22.0 Å². The van der Waals surface area contributed by atoms with Crippen molar-refractivity contribution in [2.75, 3.05) is 51.8 Å². The van der Waals surface area contributed by atoms with E-state index in [9.17, 15) is 28.5 Å². The number of aryl methyl sites for hydroxylation is 3. The maximum Gasteiger partial charge on any atom is 0.352 e. The number of halogens is 1. The van der Waals surface area contributed by atoms with Crippen molar-refractivity contribution in [3.63, 3.8) is 0 Å². The number of piperazine rings is 1. The van der Waals surface area contributed by atoms with Crippen molar-refractivity contribution >= 4 is 44.4 Å². The van der Waals surface area contributed by atoms with E-state index in [0.29, 0.717) is 88.8 Å². The second-order valence-electron chi connectivity index (χ2n) is 11.3. The zero-order chi connectivity index (χ0) is 33.3. The number of anilines is 1. The van der Waals surface area contributed by atoms with Gasteiger partial charge < -0.3 is 29.5 Å². The van der Waals surface area contributed by atoms with E-state index < -0.39 is 16.2 Å². The number of aliphatic hydroxyl groups is 2. The van der Waals surface area contributed by atoms with Gasteiger partial charge in [-0.2, -0.15) is 22.1 Å². The van der Waals surface area contributed by atoms with Crippen LogP contribution in [0.1, 0.15) is 33.9 Å². The van der Waals surface area contributed by atoms with E-state index >= 15 is 0 Å². The summed E-state index contributed by atoms with van der Waals surface area (Å²) in [6.07, 6.45) is 0.770. The predicted molar refractivity (Wildman–Crippen MR) is 176 cm³/mol. The fourth-order valence-electron chi connectivity index (χ4n) is 6.12. The van der Waals surface area contributed by atoms with E-state index in [4.69, 9.17) is 16.3 Å². The molecule has 1 aliphatic heterocycles. The Kier molecular flexibility index (Phi) is 9.96. The van der Waals surface area contributed by atoms with Crippen LogP contribution in [0.4, 0.5) is 5.69 Å². The monoisotopic (exact) mass is 674 g/mol. The Labute approximate surface area is 272 Å². The zero-order valence-corrected chi connectivity index (χ0v) is 27.8. The van der Waals surface area contributed by atoms with Crippen molar-refractivity contribution in [3.05, 3.63) is 64.1 Å². The Morgan fingerprint density at radius 1 is 1.02 bits per heavy atom. The minimum absolute atomic E-state index is 0.0455. The molecule has 1 aliphatic rings. The molecular weight excluding hydrogens is 636 g/mol. The van der Waals surface area contributed by atoms with E-state index in [1.807, 2.05) is 24.3 Å². The van der Waals surface area contributed by atoms with Crippen LogP contribution < -0.4 is 9.64 Å². The van der Waals surface area contributed by atoms with Gasteiger partial charge in [0.05, 0.1) is 22.8 Å². The Balaban J connectivity index is 1.43. The summed E-state index contributed by atoms with van der Waals surface area (Å²) in [7, 11) is 2.99. The third-order valence-electron chi connectivity index (χ3n) is 8.44. The first-order valence-corrected chi connectivity index (χ1v) is 16.6. The fraction of sp³-hybridized carbons (Fsp3) is 0.419. The van der Waals surface area contributed by atoms with Crippen LogP contribution in [0, 0.1) is 0 Å². The molecule has 0 aliphatic carbocycles. The summed E-state index contributed by atoms with van der Waals surface area (Å²) in [5.74, 6) is -0.503. The van der Waals surface area contributed by atoms with Gasteiger partial charge in [-0.15, -0.1) is 0 Å². The summed E-state index contributed by atoms with van der Waals surface area (Å²) in [5, 5.41) is 35.6. The number of hydrogen-bond donors (Lipinski definition) is 3. The molecule has 5 rings (SSSR count). The normalized spacial score (nSPS) is 14.5. The molecule has 0 radical (unpaired) electrons. The summed E-state index contributed by atoms with van der Waals surface area (Å²) in [4.78, 5) is 14.5. The maximum atomic E-state index is 12.5. The molecule has 2 aromatic carbocycles. The highest BCUT2D eigenvalue weighted by Gasteiger charge is 2.30. The number of rotatable bonds is 12. The van der Waals surface area contributed by atoms with Crippen LogP contribution in [0.5, 0.6) is 5.75 Å². The molecule has 0 spiro atoms. The fourth-order valence-corrected chi connectivity index (χ4v) is 7.46. The van der Waals surface area contributed by atoms with E-state index in [1.165, 1.54) is 22.7 Å². The Bertz CT molecular complexity index is 1850.